The quantitative estimate of drug-likeness (QED) is 0.126. The van der Waals surface area contributed by atoms with Gasteiger partial charge in [-0.3, -0.25) is 0 Å². The summed E-state index contributed by atoms with van der Waals surface area (Å²) in [5.41, 5.74) is 20.7. The first-order valence-electron chi connectivity index (χ1n) is 30.9. The van der Waals surface area contributed by atoms with Crippen LogP contribution in [0.15, 0.2) is 206 Å². The molecule has 0 spiro atoms. The number of para-hydroxylation sites is 2. The summed E-state index contributed by atoms with van der Waals surface area (Å²) in [4.78, 5) is 5.30. The number of anilines is 6. The third-order valence-electron chi connectivity index (χ3n) is 19.4. The maximum Gasteiger partial charge on any atom is 0.0543 e. The Morgan fingerprint density at radius 2 is 0.679 bits per heavy atom. The average Bonchev–Trinajstić information content (AvgIpc) is 1.10. The Kier molecular flexibility index (Phi) is 12.7. The van der Waals surface area contributed by atoms with Crippen molar-refractivity contribution in [1.29, 1.82) is 0 Å². The summed E-state index contributed by atoms with van der Waals surface area (Å²) in [5, 5.41) is 13.7. The number of nitrogens with zero attached hydrogens (tertiary/aromatic N) is 2. The molecule has 2 aromatic heterocycles. The molecule has 4 heteroatoms. The second-order valence-corrected chi connectivity index (χ2v) is 26.6. The predicted molar refractivity (Wildman–Crippen MR) is 367 cm³/mol. The van der Waals surface area contributed by atoms with E-state index in [1.54, 1.807) is 0 Å². The fourth-order valence-electron chi connectivity index (χ4n) is 15.7. The Hall–Kier alpha value is -8.28. The summed E-state index contributed by atoms with van der Waals surface area (Å²) in [6.07, 6.45) is 12.6. The van der Waals surface area contributed by atoms with Crippen LogP contribution < -0.4 is 9.80 Å². The molecule has 2 aliphatic carbocycles. The lowest BCUT2D eigenvalue weighted by Gasteiger charge is -2.35. The molecule has 2 nitrogen and oxygen atoms in total. The molecule has 2 aliphatic rings. The van der Waals surface area contributed by atoms with E-state index in [2.05, 4.69) is 244 Å². The molecule has 0 N–H and O–H groups in total. The van der Waals surface area contributed by atoms with Crippen LogP contribution in [0.25, 0.3) is 94.9 Å². The van der Waals surface area contributed by atoms with Crippen LogP contribution in [0.4, 0.5) is 34.1 Å². The SMILES string of the molecule is Cc1cc(-c2cccc3c2sc2ccccc23)cc(C)c1N(c1ccccc1)c1cc(C2CCCCC2)c2ccc3c(N(c4ccccc4)c4c(C)cc(-c5cccc6c5sc5ccccc56)cc4C)cc(C4CCCCC4)c4ccc1c2c43. The molecule has 2 fully saturated rings. The zero-order valence-electron chi connectivity index (χ0n) is 48.6. The lowest BCUT2D eigenvalue weighted by atomic mass is 9.77. The van der Waals surface area contributed by atoms with Gasteiger partial charge in [-0.2, -0.15) is 0 Å². The molecule has 14 aromatic rings. The van der Waals surface area contributed by atoms with Gasteiger partial charge in [0.05, 0.1) is 22.7 Å². The highest BCUT2D eigenvalue weighted by atomic mass is 32.1. The predicted octanol–water partition coefficient (Wildman–Crippen LogP) is 24.9. The molecule has 2 saturated carbocycles. The Morgan fingerprint density at radius 1 is 0.321 bits per heavy atom. The fraction of sp³-hybridized carbons (Fsp3) is 0.200. The third-order valence-corrected chi connectivity index (χ3v) is 21.8. The summed E-state index contributed by atoms with van der Waals surface area (Å²) in [6, 6.07) is 79.5. The van der Waals surface area contributed by atoms with E-state index in [4.69, 9.17) is 0 Å². The largest absolute Gasteiger partial charge is 0.309 e. The molecule has 0 radical (unpaired) electrons. The molecular formula is C80H68N2S2. The van der Waals surface area contributed by atoms with E-state index in [0.717, 1.165) is 0 Å². The van der Waals surface area contributed by atoms with Gasteiger partial charge < -0.3 is 9.80 Å². The van der Waals surface area contributed by atoms with Crippen molar-refractivity contribution in [2.24, 2.45) is 0 Å². The smallest absolute Gasteiger partial charge is 0.0543 e. The van der Waals surface area contributed by atoms with Gasteiger partial charge in [-0.15, -0.1) is 22.7 Å². The van der Waals surface area contributed by atoms with Crippen molar-refractivity contribution in [3.05, 3.63) is 240 Å². The second-order valence-electron chi connectivity index (χ2n) is 24.5. The number of rotatable bonds is 10. The molecule has 0 atom stereocenters. The van der Waals surface area contributed by atoms with Crippen molar-refractivity contribution in [3.8, 4) is 22.3 Å². The van der Waals surface area contributed by atoms with Gasteiger partial charge in [-0.25, -0.2) is 0 Å². The lowest BCUT2D eigenvalue weighted by molar-refractivity contribution is 0.445. The highest BCUT2D eigenvalue weighted by molar-refractivity contribution is 7.26. The van der Waals surface area contributed by atoms with Gasteiger partial charge in [-0.05, 0) is 215 Å². The molecule has 0 aliphatic heterocycles. The molecule has 12 aromatic carbocycles. The number of hydrogen-bond acceptors (Lipinski definition) is 4. The molecule has 0 bridgehead atoms. The number of aryl methyl sites for hydroxylation is 4. The van der Waals surface area contributed by atoms with E-state index in [-0.39, 0.29) is 0 Å². The first-order chi connectivity index (χ1) is 41.3. The van der Waals surface area contributed by atoms with Gasteiger partial charge in [0, 0.05) is 62.5 Å². The van der Waals surface area contributed by atoms with E-state index in [1.165, 1.54) is 227 Å². The van der Waals surface area contributed by atoms with Crippen molar-refractivity contribution in [2.45, 2.75) is 104 Å². The summed E-state index contributed by atoms with van der Waals surface area (Å²) in [6.45, 7) is 9.42. The molecular weight excluding hydrogens is 1050 g/mol. The highest BCUT2D eigenvalue weighted by Crippen LogP contribution is 2.55. The van der Waals surface area contributed by atoms with Gasteiger partial charge in [0.2, 0.25) is 0 Å². The molecule has 16 rings (SSSR count). The van der Waals surface area contributed by atoms with Gasteiger partial charge in [0.1, 0.15) is 0 Å². The minimum absolute atomic E-state index is 0.478. The lowest BCUT2D eigenvalue weighted by Crippen LogP contribution is -2.16. The molecule has 0 saturated heterocycles. The van der Waals surface area contributed by atoms with Crippen LogP contribution in [-0.4, -0.2) is 0 Å². The van der Waals surface area contributed by atoms with Crippen molar-refractivity contribution >= 4 is 129 Å². The van der Waals surface area contributed by atoms with Crippen LogP contribution in [0.3, 0.4) is 0 Å². The normalized spacial score (nSPS) is 14.6. The van der Waals surface area contributed by atoms with Crippen molar-refractivity contribution in [1.82, 2.24) is 0 Å². The standard InChI is InChI=1S/C80H68N2S2/c1-49-43-55(59-33-21-35-65-61-31-17-19-37-73(61)83-79(59)65)44-50(2)77(49)81(57-27-13-7-14-28-57)71-47-69(53-23-9-5-10-24-53)63-40-42-68-72(48-70(54-25-11-6-12-26-54)64-39-41-67(71)75(63)76(64)68)82(58-29-15-8-16-30-58)78-51(3)45-56(46-52(78)4)60-34-22-36-66-62-32-18-20-38-74(62)84-80(60)66/h7-8,13-22,27-48,53-54H,5-6,9-12,23-26H2,1-4H3. The van der Waals surface area contributed by atoms with Crippen molar-refractivity contribution in [2.75, 3.05) is 9.80 Å². The first-order valence-corrected chi connectivity index (χ1v) is 32.5. The van der Waals surface area contributed by atoms with E-state index in [1.807, 2.05) is 22.7 Å². The van der Waals surface area contributed by atoms with Crippen LogP contribution in [-0.2, 0) is 0 Å². The maximum absolute atomic E-state index is 2.66. The number of hydrogen-bond donors (Lipinski definition) is 0. The number of fused-ring (bicyclic) bond motifs is 6. The first kappa shape index (κ1) is 51.4. The van der Waals surface area contributed by atoms with Gasteiger partial charge in [-0.1, -0.05) is 172 Å². The molecule has 2 heterocycles. The third kappa shape index (κ3) is 8.38. The summed E-state index contributed by atoms with van der Waals surface area (Å²) in [7, 11) is 0. The van der Waals surface area contributed by atoms with E-state index in [0.29, 0.717) is 11.8 Å². The van der Waals surface area contributed by atoms with Crippen LogP contribution in [0, 0.1) is 27.7 Å². The van der Waals surface area contributed by atoms with Crippen LogP contribution in [0.5, 0.6) is 0 Å². The summed E-state index contributed by atoms with van der Waals surface area (Å²) >= 11 is 3.83. The minimum Gasteiger partial charge on any atom is -0.309 e. The van der Waals surface area contributed by atoms with Crippen LogP contribution in [0.1, 0.15) is 109 Å². The van der Waals surface area contributed by atoms with Gasteiger partial charge >= 0.3 is 0 Å². The highest BCUT2D eigenvalue weighted by Gasteiger charge is 2.31. The van der Waals surface area contributed by atoms with Crippen molar-refractivity contribution in [3.63, 3.8) is 0 Å². The Bertz CT molecular complexity index is 4500. The van der Waals surface area contributed by atoms with Crippen LogP contribution in [0.2, 0.25) is 0 Å². The second kappa shape index (κ2) is 20.8. The maximum atomic E-state index is 2.66. The average molecular weight is 1120 g/mol. The molecule has 0 amide bonds. The Balaban J connectivity index is 0.949. The molecule has 0 unspecified atom stereocenters. The Morgan fingerprint density at radius 3 is 1.08 bits per heavy atom. The summed E-state index contributed by atoms with van der Waals surface area (Å²) in [5.74, 6) is 0.956. The molecule has 84 heavy (non-hydrogen) atoms. The fourth-order valence-corrected chi connectivity index (χ4v) is 18.2. The minimum atomic E-state index is 0.478. The zero-order chi connectivity index (χ0) is 56.2. The van der Waals surface area contributed by atoms with Gasteiger partial charge in [0.15, 0.2) is 0 Å². The van der Waals surface area contributed by atoms with E-state index in [9.17, 15) is 0 Å². The van der Waals surface area contributed by atoms with E-state index < -0.39 is 0 Å². The van der Waals surface area contributed by atoms with E-state index >= 15 is 0 Å². The molecule has 410 valence electrons. The monoisotopic (exact) mass is 1120 g/mol. The van der Waals surface area contributed by atoms with Crippen molar-refractivity contribution < 1.29 is 0 Å². The summed E-state index contributed by atoms with van der Waals surface area (Å²) < 4.78 is 5.39. The Labute approximate surface area is 501 Å². The topological polar surface area (TPSA) is 6.48 Å². The van der Waals surface area contributed by atoms with Crippen LogP contribution >= 0.6 is 22.7 Å². The van der Waals surface area contributed by atoms with Gasteiger partial charge in [0.25, 0.3) is 0 Å². The number of thiophene rings is 2. The number of benzene rings is 12. The zero-order valence-corrected chi connectivity index (χ0v) is 50.2.